The second kappa shape index (κ2) is 8.57. The number of nitrogens with zero attached hydrogens (tertiary/aromatic N) is 4. The molecule has 1 aliphatic rings. The summed E-state index contributed by atoms with van der Waals surface area (Å²) in [4.78, 5) is 14.8. The normalized spacial score (nSPS) is 17.3. The topological polar surface area (TPSA) is 51.0 Å². The average Bonchev–Trinajstić information content (AvgIpc) is 3.05. The van der Waals surface area contributed by atoms with E-state index < -0.39 is 0 Å². The maximum Gasteiger partial charge on any atom is 0.276 e. The van der Waals surface area contributed by atoms with E-state index in [9.17, 15) is 4.79 Å². The van der Waals surface area contributed by atoms with Gasteiger partial charge in [0.25, 0.3) is 5.91 Å². The van der Waals surface area contributed by atoms with Gasteiger partial charge in [0.15, 0.2) is 5.69 Å². The molecule has 2 heterocycles. The molecule has 0 radical (unpaired) electrons. The Balaban J connectivity index is 1.41. The Morgan fingerprint density at radius 1 is 1.04 bits per heavy atom. The number of carbonyl (C=O) groups excluding carboxylic acids is 1. The first kappa shape index (κ1) is 18.7. The number of hydrogen-bond donors (Lipinski definition) is 0. The second-order valence-corrected chi connectivity index (χ2v) is 7.63. The quantitative estimate of drug-likeness (QED) is 0.659. The van der Waals surface area contributed by atoms with Crippen molar-refractivity contribution in [3.05, 3.63) is 82.6 Å². The van der Waals surface area contributed by atoms with Crippen LogP contribution in [0.5, 0.6) is 0 Å². The predicted octanol–water partition coefficient (Wildman–Crippen LogP) is 4.39. The van der Waals surface area contributed by atoms with Crippen LogP contribution in [-0.4, -0.2) is 38.9 Å². The first-order valence-electron chi connectivity index (χ1n) is 9.68. The Morgan fingerprint density at radius 2 is 1.82 bits per heavy atom. The SMILES string of the molecule is O=C(c1cn(Cc2ccccc2Cl)nn1)N1CCCC(c2ccccc2)CC1. The fourth-order valence-electron chi connectivity index (χ4n) is 3.79. The van der Waals surface area contributed by atoms with E-state index in [1.807, 2.05) is 35.2 Å². The van der Waals surface area contributed by atoms with Crippen molar-refractivity contribution in [2.75, 3.05) is 13.1 Å². The number of likely N-dealkylation sites (tertiary alicyclic amines) is 1. The fourth-order valence-corrected chi connectivity index (χ4v) is 3.99. The number of halogens is 1. The summed E-state index contributed by atoms with van der Waals surface area (Å²) in [6.45, 7) is 2.01. The van der Waals surface area contributed by atoms with Crippen LogP contribution < -0.4 is 0 Å². The molecule has 6 heteroatoms. The number of hydrogen-bond acceptors (Lipinski definition) is 3. The minimum Gasteiger partial charge on any atom is -0.337 e. The molecule has 1 aromatic heterocycles. The Morgan fingerprint density at radius 3 is 2.64 bits per heavy atom. The summed E-state index contributed by atoms with van der Waals surface area (Å²) in [5, 5.41) is 8.90. The zero-order valence-electron chi connectivity index (χ0n) is 15.7. The molecule has 0 bridgehead atoms. The van der Waals surface area contributed by atoms with Crippen LogP contribution in [0.3, 0.4) is 0 Å². The van der Waals surface area contributed by atoms with Crippen molar-refractivity contribution in [3.8, 4) is 0 Å². The van der Waals surface area contributed by atoms with Crippen LogP contribution in [0.4, 0.5) is 0 Å². The summed E-state index contributed by atoms with van der Waals surface area (Å²) < 4.78 is 1.67. The summed E-state index contributed by atoms with van der Waals surface area (Å²) in [5.74, 6) is 0.467. The maximum absolute atomic E-state index is 12.9. The first-order chi connectivity index (χ1) is 13.7. The minimum atomic E-state index is -0.0425. The molecule has 1 atom stereocenters. The van der Waals surface area contributed by atoms with E-state index in [1.54, 1.807) is 10.9 Å². The van der Waals surface area contributed by atoms with Gasteiger partial charge in [-0.1, -0.05) is 65.3 Å². The van der Waals surface area contributed by atoms with Gasteiger partial charge in [0.1, 0.15) is 0 Å². The highest BCUT2D eigenvalue weighted by molar-refractivity contribution is 6.31. The van der Waals surface area contributed by atoms with Crippen molar-refractivity contribution in [2.45, 2.75) is 31.7 Å². The standard InChI is InChI=1S/C22H23ClN4O/c23-20-11-5-4-9-19(20)15-27-16-21(24-25-27)22(28)26-13-6-10-18(12-14-26)17-7-2-1-3-8-17/h1-5,7-9,11,16,18H,6,10,12-15H2. The van der Waals surface area contributed by atoms with E-state index in [-0.39, 0.29) is 5.91 Å². The molecule has 28 heavy (non-hydrogen) atoms. The Bertz CT molecular complexity index is 940. The smallest absolute Gasteiger partial charge is 0.276 e. The van der Waals surface area contributed by atoms with Gasteiger partial charge in [0.05, 0.1) is 12.7 Å². The van der Waals surface area contributed by atoms with E-state index in [0.29, 0.717) is 23.2 Å². The highest BCUT2D eigenvalue weighted by Gasteiger charge is 2.24. The van der Waals surface area contributed by atoms with E-state index in [0.717, 1.165) is 37.9 Å². The zero-order valence-corrected chi connectivity index (χ0v) is 16.4. The average molecular weight is 395 g/mol. The van der Waals surface area contributed by atoms with Crippen molar-refractivity contribution in [1.82, 2.24) is 19.9 Å². The maximum atomic E-state index is 12.9. The van der Waals surface area contributed by atoms with Crippen molar-refractivity contribution < 1.29 is 4.79 Å². The first-order valence-corrected chi connectivity index (χ1v) is 10.1. The lowest BCUT2D eigenvalue weighted by atomic mass is 9.92. The van der Waals surface area contributed by atoms with E-state index in [4.69, 9.17) is 11.6 Å². The lowest BCUT2D eigenvalue weighted by molar-refractivity contribution is 0.0755. The van der Waals surface area contributed by atoms with Gasteiger partial charge in [-0.25, -0.2) is 4.68 Å². The zero-order chi connectivity index (χ0) is 19.3. The monoisotopic (exact) mass is 394 g/mol. The fraction of sp³-hybridized carbons (Fsp3) is 0.318. The molecule has 2 aromatic carbocycles. The lowest BCUT2D eigenvalue weighted by Crippen LogP contribution is -2.32. The molecule has 3 aromatic rings. The van der Waals surface area contributed by atoms with E-state index in [2.05, 4.69) is 34.6 Å². The van der Waals surface area contributed by atoms with Gasteiger partial charge in [-0.15, -0.1) is 5.10 Å². The third-order valence-electron chi connectivity index (χ3n) is 5.33. The molecule has 0 aliphatic carbocycles. The summed E-state index contributed by atoms with van der Waals surface area (Å²) in [5.41, 5.74) is 2.71. The molecular formula is C22H23ClN4O. The van der Waals surface area contributed by atoms with Gasteiger partial charge in [-0.2, -0.15) is 0 Å². The number of rotatable bonds is 4. The lowest BCUT2D eigenvalue weighted by Gasteiger charge is -2.19. The molecule has 1 amide bonds. The molecule has 4 rings (SSSR count). The summed E-state index contributed by atoms with van der Waals surface area (Å²) in [6, 6.07) is 18.2. The van der Waals surface area contributed by atoms with Crippen molar-refractivity contribution >= 4 is 17.5 Å². The van der Waals surface area contributed by atoms with Crippen LogP contribution >= 0.6 is 11.6 Å². The summed E-state index contributed by atoms with van der Waals surface area (Å²) >= 11 is 6.21. The molecule has 1 unspecified atom stereocenters. The molecule has 0 N–H and O–H groups in total. The summed E-state index contributed by atoms with van der Waals surface area (Å²) in [6.07, 6.45) is 4.79. The molecular weight excluding hydrogens is 372 g/mol. The van der Waals surface area contributed by atoms with Crippen LogP contribution in [0.25, 0.3) is 0 Å². The minimum absolute atomic E-state index is 0.0425. The van der Waals surface area contributed by atoms with Gasteiger partial charge in [-0.3, -0.25) is 4.79 Å². The van der Waals surface area contributed by atoms with Crippen molar-refractivity contribution in [2.24, 2.45) is 0 Å². The number of aromatic nitrogens is 3. The second-order valence-electron chi connectivity index (χ2n) is 7.22. The molecule has 0 saturated carbocycles. The Kier molecular flexibility index (Phi) is 5.72. The van der Waals surface area contributed by atoms with E-state index in [1.165, 1.54) is 5.56 Å². The van der Waals surface area contributed by atoms with Crippen molar-refractivity contribution in [1.29, 1.82) is 0 Å². The van der Waals surface area contributed by atoms with E-state index >= 15 is 0 Å². The van der Waals surface area contributed by atoms with Crippen LogP contribution in [-0.2, 0) is 6.54 Å². The van der Waals surface area contributed by atoms with Gasteiger partial charge in [0, 0.05) is 18.1 Å². The highest BCUT2D eigenvalue weighted by Crippen LogP contribution is 2.28. The van der Waals surface area contributed by atoms with Gasteiger partial charge in [0.2, 0.25) is 0 Å². The Hall–Kier alpha value is -2.66. The van der Waals surface area contributed by atoms with Crippen LogP contribution in [0.2, 0.25) is 5.02 Å². The van der Waals surface area contributed by atoms with Crippen molar-refractivity contribution in [3.63, 3.8) is 0 Å². The third kappa shape index (κ3) is 4.25. The molecule has 5 nitrogen and oxygen atoms in total. The molecule has 144 valence electrons. The van der Waals surface area contributed by atoms with Crippen LogP contribution in [0.1, 0.15) is 46.8 Å². The van der Waals surface area contributed by atoms with Gasteiger partial charge >= 0.3 is 0 Å². The molecule has 0 spiro atoms. The van der Waals surface area contributed by atoms with Gasteiger partial charge < -0.3 is 4.90 Å². The van der Waals surface area contributed by atoms with Crippen LogP contribution in [0.15, 0.2) is 60.8 Å². The molecule has 1 saturated heterocycles. The number of carbonyl (C=O) groups is 1. The third-order valence-corrected chi connectivity index (χ3v) is 5.70. The highest BCUT2D eigenvalue weighted by atomic mass is 35.5. The predicted molar refractivity (Wildman–Crippen MR) is 110 cm³/mol. The number of benzene rings is 2. The molecule has 1 fully saturated rings. The largest absolute Gasteiger partial charge is 0.337 e. The van der Waals surface area contributed by atoms with Gasteiger partial charge in [-0.05, 0) is 42.4 Å². The summed E-state index contributed by atoms with van der Waals surface area (Å²) in [7, 11) is 0. The molecule has 1 aliphatic heterocycles. The Labute approximate surface area is 169 Å². The number of amides is 1. The van der Waals surface area contributed by atoms with Crippen LogP contribution in [0, 0.1) is 0 Å².